The Kier molecular flexibility index (Phi) is 3.87. The Bertz CT molecular complexity index is 520. The summed E-state index contributed by atoms with van der Waals surface area (Å²) in [5.41, 5.74) is 1.95. The Balaban J connectivity index is 2.27. The van der Waals surface area contributed by atoms with Crippen molar-refractivity contribution >= 4 is 11.6 Å². The Labute approximate surface area is 108 Å². The monoisotopic (exact) mass is 245 g/mol. The van der Waals surface area contributed by atoms with Crippen LogP contribution >= 0.6 is 0 Å². The summed E-state index contributed by atoms with van der Waals surface area (Å²) in [4.78, 5) is 4.47. The molecule has 4 nitrogen and oxygen atoms in total. The van der Waals surface area contributed by atoms with Crippen LogP contribution in [0.25, 0.3) is 0 Å². The highest BCUT2D eigenvalue weighted by Crippen LogP contribution is 2.27. The van der Waals surface area contributed by atoms with Crippen LogP contribution in [-0.4, -0.2) is 16.2 Å². The second-order valence-electron chi connectivity index (χ2n) is 4.05. The van der Waals surface area contributed by atoms with E-state index in [9.17, 15) is 0 Å². The van der Waals surface area contributed by atoms with Crippen LogP contribution in [0.3, 0.4) is 0 Å². The average Bonchev–Trinajstić information content (AvgIpc) is 2.72. The van der Waals surface area contributed by atoms with E-state index in [1.54, 1.807) is 0 Å². The van der Waals surface area contributed by atoms with E-state index in [0.29, 0.717) is 6.61 Å². The molecule has 1 heterocycles. The first kappa shape index (κ1) is 12.5. The SMILES string of the molecule is CCOc1ccccc1Nc1nc(C)cn1CC. The van der Waals surface area contributed by atoms with Crippen LogP contribution < -0.4 is 10.1 Å². The summed E-state index contributed by atoms with van der Waals surface area (Å²) in [5.74, 6) is 1.70. The molecule has 0 aliphatic carbocycles. The first-order valence-electron chi connectivity index (χ1n) is 6.27. The molecule has 2 rings (SSSR count). The molecule has 0 bridgehead atoms. The molecule has 0 amide bonds. The quantitative estimate of drug-likeness (QED) is 0.878. The first-order valence-corrected chi connectivity index (χ1v) is 6.27. The maximum atomic E-state index is 5.59. The molecule has 0 unspecified atom stereocenters. The van der Waals surface area contributed by atoms with Crippen molar-refractivity contribution in [2.24, 2.45) is 0 Å². The number of nitrogens with zero attached hydrogens (tertiary/aromatic N) is 2. The first-order chi connectivity index (χ1) is 8.74. The summed E-state index contributed by atoms with van der Waals surface area (Å²) in [6.45, 7) is 7.61. The van der Waals surface area contributed by atoms with Crippen LogP contribution in [0.4, 0.5) is 11.6 Å². The normalized spacial score (nSPS) is 10.4. The zero-order valence-electron chi connectivity index (χ0n) is 11.1. The van der Waals surface area contributed by atoms with Gasteiger partial charge < -0.3 is 14.6 Å². The van der Waals surface area contributed by atoms with Gasteiger partial charge in [-0.3, -0.25) is 0 Å². The third kappa shape index (κ3) is 2.64. The van der Waals surface area contributed by atoms with Crippen molar-refractivity contribution in [3.05, 3.63) is 36.2 Å². The van der Waals surface area contributed by atoms with Gasteiger partial charge in [-0.25, -0.2) is 4.98 Å². The fourth-order valence-corrected chi connectivity index (χ4v) is 1.86. The standard InChI is InChI=1S/C14H19N3O/c1-4-17-10-11(3)15-14(17)16-12-8-6-7-9-13(12)18-5-2/h6-10H,4-5H2,1-3H3,(H,15,16). The number of nitrogens with one attached hydrogen (secondary N) is 1. The van der Waals surface area contributed by atoms with Crippen molar-refractivity contribution in [2.45, 2.75) is 27.3 Å². The second kappa shape index (κ2) is 5.58. The van der Waals surface area contributed by atoms with Crippen LogP contribution in [-0.2, 0) is 6.54 Å². The van der Waals surface area contributed by atoms with Gasteiger partial charge in [0.05, 0.1) is 18.0 Å². The number of aryl methyl sites for hydroxylation is 2. The Morgan fingerprint density at radius 1 is 1.28 bits per heavy atom. The summed E-state index contributed by atoms with van der Waals surface area (Å²) in [7, 11) is 0. The third-order valence-corrected chi connectivity index (χ3v) is 2.67. The Hall–Kier alpha value is -1.97. The fraction of sp³-hybridized carbons (Fsp3) is 0.357. The van der Waals surface area contributed by atoms with Crippen molar-refractivity contribution < 1.29 is 4.74 Å². The van der Waals surface area contributed by atoms with Crippen molar-refractivity contribution in [1.82, 2.24) is 9.55 Å². The van der Waals surface area contributed by atoms with E-state index in [1.165, 1.54) is 0 Å². The molecular formula is C14H19N3O. The lowest BCUT2D eigenvalue weighted by Gasteiger charge is -2.12. The van der Waals surface area contributed by atoms with Gasteiger partial charge in [0.1, 0.15) is 5.75 Å². The van der Waals surface area contributed by atoms with E-state index in [1.807, 2.05) is 44.3 Å². The maximum Gasteiger partial charge on any atom is 0.207 e. The summed E-state index contributed by atoms with van der Waals surface area (Å²) in [6, 6.07) is 7.90. The van der Waals surface area contributed by atoms with Gasteiger partial charge in [-0.1, -0.05) is 12.1 Å². The lowest BCUT2D eigenvalue weighted by molar-refractivity contribution is 0.342. The fourth-order valence-electron chi connectivity index (χ4n) is 1.86. The molecule has 18 heavy (non-hydrogen) atoms. The van der Waals surface area contributed by atoms with Crippen molar-refractivity contribution in [2.75, 3.05) is 11.9 Å². The van der Waals surface area contributed by atoms with E-state index in [4.69, 9.17) is 4.74 Å². The van der Waals surface area contributed by atoms with Crippen LogP contribution in [0.5, 0.6) is 5.75 Å². The zero-order valence-corrected chi connectivity index (χ0v) is 11.1. The molecule has 0 saturated heterocycles. The molecular weight excluding hydrogens is 226 g/mol. The number of aromatic nitrogens is 2. The largest absolute Gasteiger partial charge is 0.492 e. The summed E-state index contributed by atoms with van der Waals surface area (Å²) < 4.78 is 7.67. The van der Waals surface area contributed by atoms with E-state index in [-0.39, 0.29) is 0 Å². The minimum absolute atomic E-state index is 0.653. The van der Waals surface area contributed by atoms with E-state index >= 15 is 0 Å². The lowest BCUT2D eigenvalue weighted by Crippen LogP contribution is -2.03. The van der Waals surface area contributed by atoms with E-state index < -0.39 is 0 Å². The van der Waals surface area contributed by atoms with Gasteiger partial charge >= 0.3 is 0 Å². The highest BCUT2D eigenvalue weighted by molar-refractivity contribution is 5.62. The predicted molar refractivity (Wildman–Crippen MR) is 73.5 cm³/mol. The van der Waals surface area contributed by atoms with Crippen molar-refractivity contribution in [3.63, 3.8) is 0 Å². The van der Waals surface area contributed by atoms with Gasteiger partial charge in [0.25, 0.3) is 0 Å². The molecule has 2 aromatic rings. The van der Waals surface area contributed by atoms with Gasteiger partial charge in [-0.05, 0) is 32.9 Å². The molecule has 1 N–H and O–H groups in total. The van der Waals surface area contributed by atoms with Crippen molar-refractivity contribution in [1.29, 1.82) is 0 Å². The van der Waals surface area contributed by atoms with Gasteiger partial charge in [-0.15, -0.1) is 0 Å². The minimum atomic E-state index is 0.653. The highest BCUT2D eigenvalue weighted by Gasteiger charge is 2.07. The smallest absolute Gasteiger partial charge is 0.207 e. The average molecular weight is 245 g/mol. The van der Waals surface area contributed by atoms with Crippen LogP contribution in [0.2, 0.25) is 0 Å². The summed E-state index contributed by atoms with van der Waals surface area (Å²) >= 11 is 0. The predicted octanol–water partition coefficient (Wildman–Crippen LogP) is 3.35. The molecule has 0 spiro atoms. The molecule has 96 valence electrons. The van der Waals surface area contributed by atoms with Gasteiger partial charge in [0.2, 0.25) is 5.95 Å². The Morgan fingerprint density at radius 3 is 2.78 bits per heavy atom. The molecule has 1 aromatic carbocycles. The number of ether oxygens (including phenoxy) is 1. The van der Waals surface area contributed by atoms with Crippen LogP contribution in [0, 0.1) is 6.92 Å². The number of anilines is 2. The minimum Gasteiger partial charge on any atom is -0.492 e. The zero-order chi connectivity index (χ0) is 13.0. The summed E-state index contributed by atoms with van der Waals surface area (Å²) in [6.07, 6.45) is 2.03. The summed E-state index contributed by atoms with van der Waals surface area (Å²) in [5, 5.41) is 3.32. The highest BCUT2D eigenvalue weighted by atomic mass is 16.5. The topological polar surface area (TPSA) is 39.1 Å². The number of hydrogen-bond acceptors (Lipinski definition) is 3. The molecule has 0 saturated carbocycles. The number of benzene rings is 1. The molecule has 0 atom stereocenters. The van der Waals surface area contributed by atoms with E-state index in [0.717, 1.165) is 29.6 Å². The van der Waals surface area contributed by atoms with Crippen LogP contribution in [0.1, 0.15) is 19.5 Å². The molecule has 0 radical (unpaired) electrons. The number of rotatable bonds is 5. The molecule has 0 fully saturated rings. The lowest BCUT2D eigenvalue weighted by atomic mass is 10.3. The van der Waals surface area contributed by atoms with E-state index in [2.05, 4.69) is 21.8 Å². The molecule has 0 aliphatic heterocycles. The molecule has 1 aromatic heterocycles. The molecule has 4 heteroatoms. The Morgan fingerprint density at radius 2 is 2.06 bits per heavy atom. The molecule has 0 aliphatic rings. The van der Waals surface area contributed by atoms with Gasteiger partial charge in [0, 0.05) is 12.7 Å². The number of para-hydroxylation sites is 2. The number of hydrogen-bond donors (Lipinski definition) is 1. The maximum absolute atomic E-state index is 5.59. The second-order valence-corrected chi connectivity index (χ2v) is 4.05. The van der Waals surface area contributed by atoms with Crippen molar-refractivity contribution in [3.8, 4) is 5.75 Å². The number of imidazole rings is 1. The third-order valence-electron chi connectivity index (χ3n) is 2.67. The van der Waals surface area contributed by atoms with Gasteiger partial charge in [0.15, 0.2) is 0 Å². The van der Waals surface area contributed by atoms with Gasteiger partial charge in [-0.2, -0.15) is 0 Å². The van der Waals surface area contributed by atoms with Crippen LogP contribution in [0.15, 0.2) is 30.5 Å².